The summed E-state index contributed by atoms with van der Waals surface area (Å²) in [5, 5.41) is 14.0. The molecule has 7 heteroatoms. The highest BCUT2D eigenvalue weighted by atomic mass is 16.4. The fourth-order valence-corrected chi connectivity index (χ4v) is 6.26. The number of carbonyl (C=O) groups is 1. The number of aromatic amines is 1. The van der Waals surface area contributed by atoms with E-state index < -0.39 is 11.5 Å². The summed E-state index contributed by atoms with van der Waals surface area (Å²) in [6.07, 6.45) is 4.59. The van der Waals surface area contributed by atoms with Crippen LogP contribution in [0.5, 0.6) is 0 Å². The second-order valence-electron chi connectivity index (χ2n) is 9.98. The van der Waals surface area contributed by atoms with Gasteiger partial charge in [-0.25, -0.2) is 4.79 Å². The number of pyridine rings is 1. The Morgan fingerprint density at radius 3 is 2.76 bits per heavy atom. The number of nitrogens with one attached hydrogen (secondary N) is 2. The molecule has 0 spiro atoms. The van der Waals surface area contributed by atoms with Crippen LogP contribution in [0.15, 0.2) is 35.1 Å². The van der Waals surface area contributed by atoms with Crippen LogP contribution in [0.25, 0.3) is 22.2 Å². The van der Waals surface area contributed by atoms with Crippen molar-refractivity contribution in [2.75, 3.05) is 20.1 Å². The Kier molecular flexibility index (Phi) is 6.08. The van der Waals surface area contributed by atoms with Crippen molar-refractivity contribution >= 4 is 16.9 Å². The van der Waals surface area contributed by atoms with Gasteiger partial charge < -0.3 is 20.0 Å². The number of rotatable bonds is 6. The number of hydrogen-bond donors (Lipinski definition) is 3. The number of hydrogen-bond acceptors (Lipinski definition) is 4. The number of aromatic carboxylic acids is 1. The van der Waals surface area contributed by atoms with E-state index in [2.05, 4.69) is 52.1 Å². The van der Waals surface area contributed by atoms with Crippen LogP contribution in [0.1, 0.15) is 47.8 Å². The van der Waals surface area contributed by atoms with Crippen LogP contribution in [-0.4, -0.2) is 51.7 Å². The molecule has 1 saturated carbocycles. The van der Waals surface area contributed by atoms with Crippen LogP contribution in [-0.2, 0) is 20.0 Å². The van der Waals surface area contributed by atoms with Crippen LogP contribution in [0.4, 0.5) is 0 Å². The highest BCUT2D eigenvalue weighted by Gasteiger charge is 2.39. The van der Waals surface area contributed by atoms with Gasteiger partial charge in [0, 0.05) is 49.3 Å². The number of nitrogens with zero attached hydrogens (tertiary/aromatic N) is 2. The second kappa shape index (κ2) is 9.04. The van der Waals surface area contributed by atoms with Gasteiger partial charge >= 0.3 is 5.97 Å². The molecule has 5 rings (SSSR count). The molecule has 7 nitrogen and oxygen atoms in total. The third kappa shape index (κ3) is 3.97. The van der Waals surface area contributed by atoms with Crippen molar-refractivity contribution in [1.82, 2.24) is 19.8 Å². The first-order valence-electron chi connectivity index (χ1n) is 12.4. The van der Waals surface area contributed by atoms with Crippen molar-refractivity contribution < 1.29 is 9.90 Å². The molecule has 0 bridgehead atoms. The van der Waals surface area contributed by atoms with Gasteiger partial charge in [-0.1, -0.05) is 19.4 Å². The van der Waals surface area contributed by atoms with E-state index in [4.69, 9.17) is 0 Å². The predicted molar refractivity (Wildman–Crippen MR) is 134 cm³/mol. The minimum atomic E-state index is -1.20. The van der Waals surface area contributed by atoms with E-state index >= 15 is 0 Å². The summed E-state index contributed by atoms with van der Waals surface area (Å²) in [6, 6.07) is 10.6. The minimum absolute atomic E-state index is 0.213. The zero-order valence-electron chi connectivity index (χ0n) is 20.2. The zero-order chi connectivity index (χ0) is 24.0. The van der Waals surface area contributed by atoms with Crippen molar-refractivity contribution in [3.8, 4) is 11.3 Å². The topological polar surface area (TPSA) is 90.4 Å². The van der Waals surface area contributed by atoms with Crippen LogP contribution >= 0.6 is 0 Å². The highest BCUT2D eigenvalue weighted by molar-refractivity contribution is 5.89. The zero-order valence-corrected chi connectivity index (χ0v) is 20.2. The lowest BCUT2D eigenvalue weighted by molar-refractivity contribution is 0.0695. The third-order valence-corrected chi connectivity index (χ3v) is 8.10. The normalized spacial score (nSPS) is 22.9. The Morgan fingerprint density at radius 1 is 1.21 bits per heavy atom. The molecule has 1 saturated heterocycles. The van der Waals surface area contributed by atoms with Gasteiger partial charge in [-0.3, -0.25) is 9.69 Å². The number of carboxylic acid groups (broad SMARTS) is 1. The number of aromatic nitrogens is 2. The number of H-pyrrole nitrogens is 1. The molecule has 0 radical (unpaired) electrons. The predicted octanol–water partition coefficient (Wildman–Crippen LogP) is 3.61. The number of benzene rings is 1. The van der Waals surface area contributed by atoms with Gasteiger partial charge in [0.1, 0.15) is 5.56 Å². The molecule has 3 atom stereocenters. The first kappa shape index (κ1) is 22.9. The second-order valence-corrected chi connectivity index (χ2v) is 9.98. The number of likely N-dealkylation sites (tertiary alicyclic amines) is 1. The molecule has 3 N–H and O–H groups in total. The van der Waals surface area contributed by atoms with E-state index in [0.29, 0.717) is 18.2 Å². The molecular weight excluding hydrogens is 428 g/mol. The Hall–Kier alpha value is -2.90. The molecule has 3 heterocycles. The van der Waals surface area contributed by atoms with Crippen molar-refractivity contribution in [2.45, 2.75) is 45.2 Å². The Bertz CT molecular complexity index is 1290. The quantitative estimate of drug-likeness (QED) is 0.521. The van der Waals surface area contributed by atoms with Gasteiger partial charge in [-0.2, -0.15) is 0 Å². The molecule has 2 fully saturated rings. The lowest BCUT2D eigenvalue weighted by atomic mass is 9.78. The standard InChI is InChI=1S/C27H34N4O3/c1-4-16-12-21(27(33)34)26(32)29-25(16)17-8-9-24-19(10-17)11-20(30(24)3)14-31-13-18-6-5-7-23(28-2)22(18)15-31/h8-12,18,22-23,28H,4-7,13-15H2,1-3H3,(H,29,32)(H,33,34)/t18-,22+,23-/m1/s1. The van der Waals surface area contributed by atoms with E-state index in [1.807, 2.05) is 13.0 Å². The van der Waals surface area contributed by atoms with Gasteiger partial charge in [0.15, 0.2) is 0 Å². The average Bonchev–Trinajstić information content (AvgIpc) is 3.38. The summed E-state index contributed by atoms with van der Waals surface area (Å²) < 4.78 is 2.27. The summed E-state index contributed by atoms with van der Waals surface area (Å²) in [4.78, 5) is 29.1. The fourth-order valence-electron chi connectivity index (χ4n) is 6.26. The van der Waals surface area contributed by atoms with Gasteiger partial charge in [0.05, 0.1) is 5.69 Å². The van der Waals surface area contributed by atoms with Gasteiger partial charge in [0.25, 0.3) is 5.56 Å². The van der Waals surface area contributed by atoms with E-state index in [1.165, 1.54) is 37.6 Å². The SMILES string of the molecule is CCc1cc(C(=O)O)c(=O)[nH]c1-c1ccc2c(c1)cc(CN1C[C@H]3CCC[C@@H](NC)[C@H]3C1)n2C. The molecule has 180 valence electrons. The molecule has 0 unspecified atom stereocenters. The molecule has 1 aliphatic heterocycles. The van der Waals surface area contributed by atoms with Crippen molar-refractivity contribution in [3.63, 3.8) is 0 Å². The van der Waals surface area contributed by atoms with Gasteiger partial charge in [-0.05, 0) is 73.5 Å². The first-order chi connectivity index (χ1) is 16.4. The first-order valence-corrected chi connectivity index (χ1v) is 12.4. The summed E-state index contributed by atoms with van der Waals surface area (Å²) in [5.41, 5.74) is 4.10. The minimum Gasteiger partial charge on any atom is -0.477 e. The molecule has 0 amide bonds. The molecule has 34 heavy (non-hydrogen) atoms. The maximum atomic E-state index is 12.3. The van der Waals surface area contributed by atoms with E-state index in [0.717, 1.165) is 47.0 Å². The molecule has 1 aliphatic carbocycles. The Labute approximate surface area is 199 Å². The summed E-state index contributed by atoms with van der Waals surface area (Å²) in [7, 11) is 4.22. The lowest BCUT2D eigenvalue weighted by Crippen LogP contribution is -2.40. The Morgan fingerprint density at radius 2 is 2.03 bits per heavy atom. The van der Waals surface area contributed by atoms with Crippen LogP contribution < -0.4 is 10.9 Å². The maximum absolute atomic E-state index is 12.3. The van der Waals surface area contributed by atoms with Crippen molar-refractivity contribution in [1.29, 1.82) is 0 Å². The monoisotopic (exact) mass is 462 g/mol. The van der Waals surface area contributed by atoms with Gasteiger partial charge in [-0.15, -0.1) is 0 Å². The average molecular weight is 463 g/mol. The lowest BCUT2D eigenvalue weighted by Gasteiger charge is -2.32. The molecule has 2 aromatic heterocycles. The largest absolute Gasteiger partial charge is 0.477 e. The van der Waals surface area contributed by atoms with E-state index in [-0.39, 0.29) is 5.56 Å². The Balaban J connectivity index is 1.44. The van der Waals surface area contributed by atoms with Crippen molar-refractivity contribution in [2.24, 2.45) is 18.9 Å². The van der Waals surface area contributed by atoms with E-state index in [9.17, 15) is 14.7 Å². The van der Waals surface area contributed by atoms with Gasteiger partial charge in [0.2, 0.25) is 0 Å². The molecular formula is C27H34N4O3. The van der Waals surface area contributed by atoms with Crippen LogP contribution in [0, 0.1) is 11.8 Å². The number of carboxylic acids is 1. The summed E-state index contributed by atoms with van der Waals surface area (Å²) >= 11 is 0. The fraction of sp³-hybridized carbons (Fsp3) is 0.481. The van der Waals surface area contributed by atoms with Crippen LogP contribution in [0.2, 0.25) is 0 Å². The molecule has 3 aromatic rings. The number of fused-ring (bicyclic) bond motifs is 2. The molecule has 2 aliphatic rings. The maximum Gasteiger partial charge on any atom is 0.341 e. The van der Waals surface area contributed by atoms with Crippen LogP contribution in [0.3, 0.4) is 0 Å². The number of aryl methyl sites for hydroxylation is 2. The highest BCUT2D eigenvalue weighted by Crippen LogP contribution is 2.37. The summed E-state index contributed by atoms with van der Waals surface area (Å²) in [6.45, 7) is 5.23. The summed E-state index contributed by atoms with van der Waals surface area (Å²) in [5.74, 6) is 0.345. The third-order valence-electron chi connectivity index (χ3n) is 8.10. The smallest absolute Gasteiger partial charge is 0.341 e. The molecule has 1 aromatic carbocycles. The van der Waals surface area contributed by atoms with E-state index in [1.54, 1.807) is 0 Å². The van der Waals surface area contributed by atoms with Crippen molar-refractivity contribution in [3.05, 3.63) is 57.5 Å².